The summed E-state index contributed by atoms with van der Waals surface area (Å²) >= 11 is 1.86. The van der Waals surface area contributed by atoms with Crippen LogP contribution in [0.15, 0.2) is 0 Å². The first-order valence-corrected chi connectivity index (χ1v) is 9.43. The van der Waals surface area contributed by atoms with Crippen LogP contribution in [0.25, 0.3) is 0 Å². The molecular formula is C17H26N2O2S. The van der Waals surface area contributed by atoms with E-state index in [1.54, 1.807) is 0 Å². The number of fused-ring (bicyclic) bond motifs is 1. The van der Waals surface area contributed by atoms with E-state index in [4.69, 9.17) is 4.98 Å². The number of carbonyl (C=O) groups is 1. The first kappa shape index (κ1) is 15.9. The summed E-state index contributed by atoms with van der Waals surface area (Å²) in [6.45, 7) is 0.680. The van der Waals surface area contributed by atoms with Crippen LogP contribution in [0.3, 0.4) is 0 Å². The summed E-state index contributed by atoms with van der Waals surface area (Å²) in [6, 6.07) is 0. The predicted octanol–water partition coefficient (Wildman–Crippen LogP) is 2.77. The normalized spacial score (nSPS) is 19.9. The maximum atomic E-state index is 11.9. The molecule has 1 heterocycles. The molecule has 122 valence electrons. The molecule has 2 N–H and O–H groups in total. The number of aryl methyl sites for hydroxylation is 3. The van der Waals surface area contributed by atoms with Gasteiger partial charge >= 0.3 is 0 Å². The van der Waals surface area contributed by atoms with Gasteiger partial charge in [0.05, 0.1) is 22.7 Å². The summed E-state index contributed by atoms with van der Waals surface area (Å²) in [5.74, 6) is -0.0113. The van der Waals surface area contributed by atoms with E-state index in [-0.39, 0.29) is 12.3 Å². The van der Waals surface area contributed by atoms with Crippen molar-refractivity contribution < 1.29 is 9.90 Å². The number of hydrogen-bond acceptors (Lipinski definition) is 4. The van der Waals surface area contributed by atoms with Crippen molar-refractivity contribution >= 4 is 17.2 Å². The molecule has 0 spiro atoms. The van der Waals surface area contributed by atoms with Gasteiger partial charge in [-0.3, -0.25) is 4.79 Å². The van der Waals surface area contributed by atoms with Crippen molar-refractivity contribution in [3.8, 4) is 0 Å². The zero-order chi connectivity index (χ0) is 15.4. The Hall–Kier alpha value is -0.940. The van der Waals surface area contributed by atoms with Gasteiger partial charge in [-0.25, -0.2) is 4.98 Å². The third-order valence-electron chi connectivity index (χ3n) is 4.80. The molecule has 1 amide bonds. The highest BCUT2D eigenvalue weighted by Gasteiger charge is 2.33. The van der Waals surface area contributed by atoms with Crippen molar-refractivity contribution in [1.82, 2.24) is 10.3 Å². The van der Waals surface area contributed by atoms with Crippen LogP contribution in [0.5, 0.6) is 0 Å². The lowest BCUT2D eigenvalue weighted by atomic mass is 9.98. The Morgan fingerprint density at radius 2 is 2.00 bits per heavy atom. The van der Waals surface area contributed by atoms with Crippen LogP contribution in [0.4, 0.5) is 0 Å². The second-order valence-electron chi connectivity index (χ2n) is 6.75. The molecule has 22 heavy (non-hydrogen) atoms. The highest BCUT2D eigenvalue weighted by Crippen LogP contribution is 2.32. The Morgan fingerprint density at radius 3 is 2.77 bits per heavy atom. The number of carbonyl (C=O) groups excluding carboxylic acids is 1. The smallest absolute Gasteiger partial charge is 0.222 e. The first-order chi connectivity index (χ1) is 10.6. The van der Waals surface area contributed by atoms with Crippen molar-refractivity contribution in [2.75, 3.05) is 6.54 Å². The first-order valence-electron chi connectivity index (χ1n) is 8.61. The van der Waals surface area contributed by atoms with Crippen LogP contribution in [0, 0.1) is 0 Å². The molecule has 0 saturated heterocycles. The zero-order valence-corrected chi connectivity index (χ0v) is 14.0. The number of nitrogens with zero attached hydrogens (tertiary/aromatic N) is 1. The number of aromatic nitrogens is 1. The lowest BCUT2D eigenvalue weighted by Crippen LogP contribution is -2.35. The summed E-state index contributed by atoms with van der Waals surface area (Å²) in [5, 5.41) is 14.4. The molecule has 0 bridgehead atoms. The van der Waals surface area contributed by atoms with Crippen molar-refractivity contribution in [3.05, 3.63) is 15.6 Å². The van der Waals surface area contributed by atoms with Crippen LogP contribution < -0.4 is 5.32 Å². The van der Waals surface area contributed by atoms with E-state index in [0.29, 0.717) is 6.54 Å². The van der Waals surface area contributed by atoms with E-state index in [1.807, 2.05) is 11.3 Å². The van der Waals surface area contributed by atoms with Gasteiger partial charge in [0.2, 0.25) is 5.91 Å². The molecule has 1 saturated carbocycles. The van der Waals surface area contributed by atoms with E-state index in [9.17, 15) is 9.90 Å². The van der Waals surface area contributed by atoms with E-state index >= 15 is 0 Å². The number of rotatable bonds is 6. The van der Waals surface area contributed by atoms with Gasteiger partial charge in [0.15, 0.2) is 0 Å². The highest BCUT2D eigenvalue weighted by atomic mass is 32.1. The minimum Gasteiger partial charge on any atom is -0.389 e. The minimum atomic E-state index is -0.738. The Bertz CT molecular complexity index is 497. The molecule has 1 aromatic heterocycles. The van der Waals surface area contributed by atoms with Crippen LogP contribution in [-0.2, 0) is 24.1 Å². The van der Waals surface area contributed by atoms with Gasteiger partial charge in [-0.2, -0.15) is 0 Å². The molecule has 2 aliphatic rings. The second-order valence-corrected chi connectivity index (χ2v) is 7.91. The van der Waals surface area contributed by atoms with Crippen LogP contribution in [0.1, 0.15) is 66.9 Å². The zero-order valence-electron chi connectivity index (χ0n) is 13.2. The predicted molar refractivity (Wildman–Crippen MR) is 88.1 cm³/mol. The largest absolute Gasteiger partial charge is 0.389 e. The fourth-order valence-electron chi connectivity index (χ4n) is 3.55. The van der Waals surface area contributed by atoms with Crippen molar-refractivity contribution in [3.63, 3.8) is 0 Å². The van der Waals surface area contributed by atoms with E-state index in [0.717, 1.165) is 44.9 Å². The standard InChI is InChI=1S/C17H26N2O2S/c20-15(12-17(21)9-3-4-10-17)18-11-5-8-16-19-13-6-1-2-7-14(13)22-16/h21H,1-12H2,(H,18,20). The van der Waals surface area contributed by atoms with Crippen LogP contribution >= 0.6 is 11.3 Å². The average Bonchev–Trinajstić information content (AvgIpc) is 3.09. The fourth-order valence-corrected chi connectivity index (χ4v) is 4.75. The van der Waals surface area contributed by atoms with Crippen molar-refractivity contribution in [1.29, 1.82) is 0 Å². The molecule has 0 aliphatic heterocycles. The Labute approximate surface area is 136 Å². The maximum absolute atomic E-state index is 11.9. The molecule has 4 nitrogen and oxygen atoms in total. The number of nitrogens with one attached hydrogen (secondary N) is 1. The highest BCUT2D eigenvalue weighted by molar-refractivity contribution is 7.11. The summed E-state index contributed by atoms with van der Waals surface area (Å²) in [5.41, 5.74) is 0.581. The topological polar surface area (TPSA) is 62.2 Å². The average molecular weight is 322 g/mol. The SMILES string of the molecule is O=C(CC1(O)CCCC1)NCCCc1nc2c(s1)CCCC2. The third-order valence-corrected chi connectivity index (χ3v) is 6.02. The summed E-state index contributed by atoms with van der Waals surface area (Å²) < 4.78 is 0. The van der Waals surface area contributed by atoms with E-state index < -0.39 is 5.60 Å². The Balaban J connectivity index is 1.36. The van der Waals surface area contributed by atoms with Crippen molar-refractivity contribution in [2.24, 2.45) is 0 Å². The molecule has 5 heteroatoms. The van der Waals surface area contributed by atoms with Gasteiger partial charge in [0.1, 0.15) is 0 Å². The summed E-state index contributed by atoms with van der Waals surface area (Å²) in [4.78, 5) is 18.1. The molecule has 1 aromatic rings. The van der Waals surface area contributed by atoms with E-state index in [2.05, 4.69) is 5.32 Å². The number of thiazole rings is 1. The lowest BCUT2D eigenvalue weighted by molar-refractivity contribution is -0.125. The second kappa shape index (κ2) is 7.09. The molecular weight excluding hydrogens is 296 g/mol. The summed E-state index contributed by atoms with van der Waals surface area (Å²) in [7, 11) is 0. The van der Waals surface area contributed by atoms with Gasteiger partial charge < -0.3 is 10.4 Å². The Morgan fingerprint density at radius 1 is 1.23 bits per heavy atom. The molecule has 0 atom stereocenters. The van der Waals surface area contributed by atoms with Gasteiger partial charge in [-0.05, 0) is 44.9 Å². The molecule has 1 fully saturated rings. The van der Waals surface area contributed by atoms with Crippen LogP contribution in [-0.4, -0.2) is 28.1 Å². The maximum Gasteiger partial charge on any atom is 0.222 e. The number of aliphatic hydroxyl groups is 1. The third kappa shape index (κ3) is 4.07. The molecule has 2 aliphatic carbocycles. The molecule has 0 aromatic carbocycles. The quantitative estimate of drug-likeness (QED) is 0.792. The van der Waals surface area contributed by atoms with Gasteiger partial charge in [0.25, 0.3) is 0 Å². The fraction of sp³-hybridized carbons (Fsp3) is 0.765. The van der Waals surface area contributed by atoms with E-state index in [1.165, 1.54) is 34.8 Å². The minimum absolute atomic E-state index is 0.0113. The van der Waals surface area contributed by atoms with Gasteiger partial charge in [-0.1, -0.05) is 12.8 Å². The Kier molecular flexibility index (Phi) is 5.14. The number of hydrogen-bond donors (Lipinski definition) is 2. The molecule has 3 rings (SSSR count). The number of amides is 1. The molecule has 0 radical (unpaired) electrons. The van der Waals surface area contributed by atoms with Gasteiger partial charge in [0, 0.05) is 17.8 Å². The van der Waals surface area contributed by atoms with Gasteiger partial charge in [-0.15, -0.1) is 11.3 Å². The molecule has 0 unspecified atom stereocenters. The van der Waals surface area contributed by atoms with Crippen molar-refractivity contribution in [2.45, 2.75) is 76.2 Å². The summed E-state index contributed by atoms with van der Waals surface area (Å²) in [6.07, 6.45) is 10.7. The monoisotopic (exact) mass is 322 g/mol. The van der Waals surface area contributed by atoms with Crippen LogP contribution in [0.2, 0.25) is 0 Å². The lowest BCUT2D eigenvalue weighted by Gasteiger charge is -2.21.